The van der Waals surface area contributed by atoms with Crippen LogP contribution >= 0.6 is 0 Å². The summed E-state index contributed by atoms with van der Waals surface area (Å²) in [7, 11) is 0. The highest BCUT2D eigenvalue weighted by molar-refractivity contribution is 6.08. The number of imide groups is 1. The summed E-state index contributed by atoms with van der Waals surface area (Å²) in [6.07, 6.45) is 2.72. The molecule has 31 heavy (non-hydrogen) atoms. The summed E-state index contributed by atoms with van der Waals surface area (Å²) in [5.41, 5.74) is 0.0370. The molecule has 1 saturated carbocycles. The first-order valence-corrected chi connectivity index (χ1v) is 10.7. The van der Waals surface area contributed by atoms with Gasteiger partial charge in [0.25, 0.3) is 11.8 Å². The number of rotatable bonds is 7. The SMILES string of the molecule is CC1CC(C)(C)CC2(C1)NC(=O)N(CC(=O)OCC(=O)NCCc1ccccc1)C2=O. The maximum atomic E-state index is 13.0. The largest absolute Gasteiger partial charge is 0.454 e. The number of carbonyl (C=O) groups excluding carboxylic acids is 4. The quantitative estimate of drug-likeness (QED) is 0.510. The van der Waals surface area contributed by atoms with E-state index in [2.05, 4.69) is 31.4 Å². The minimum Gasteiger partial charge on any atom is -0.454 e. The topological polar surface area (TPSA) is 105 Å². The fraction of sp³-hybridized carbons (Fsp3) is 0.565. The van der Waals surface area contributed by atoms with Crippen LogP contribution in [0.25, 0.3) is 0 Å². The summed E-state index contributed by atoms with van der Waals surface area (Å²) in [4.78, 5) is 50.5. The number of benzene rings is 1. The molecule has 8 heteroatoms. The summed E-state index contributed by atoms with van der Waals surface area (Å²) in [6.45, 7) is 5.69. The van der Waals surface area contributed by atoms with Crippen molar-refractivity contribution in [1.29, 1.82) is 0 Å². The molecule has 2 aliphatic rings. The van der Waals surface area contributed by atoms with Crippen molar-refractivity contribution >= 4 is 23.8 Å². The van der Waals surface area contributed by atoms with Gasteiger partial charge in [-0.2, -0.15) is 0 Å². The van der Waals surface area contributed by atoms with Gasteiger partial charge in [0.05, 0.1) is 0 Å². The molecule has 8 nitrogen and oxygen atoms in total. The smallest absolute Gasteiger partial charge is 0.326 e. The Labute approximate surface area is 182 Å². The molecule has 0 bridgehead atoms. The number of amides is 4. The molecule has 3 rings (SSSR count). The van der Waals surface area contributed by atoms with Gasteiger partial charge in [0.1, 0.15) is 12.1 Å². The molecule has 1 aliphatic heterocycles. The van der Waals surface area contributed by atoms with E-state index in [0.717, 1.165) is 16.9 Å². The predicted octanol–water partition coefficient (Wildman–Crippen LogP) is 2.03. The molecular weight excluding hydrogens is 398 g/mol. The first-order valence-electron chi connectivity index (χ1n) is 10.7. The highest BCUT2D eigenvalue weighted by atomic mass is 16.5. The van der Waals surface area contributed by atoms with Crippen LogP contribution in [-0.4, -0.2) is 54.0 Å². The van der Waals surface area contributed by atoms with Gasteiger partial charge in [-0.1, -0.05) is 51.1 Å². The molecule has 0 aromatic heterocycles. The Morgan fingerprint density at radius 1 is 1.19 bits per heavy atom. The lowest BCUT2D eigenvalue weighted by molar-refractivity contribution is -0.151. The summed E-state index contributed by atoms with van der Waals surface area (Å²) in [5, 5.41) is 5.50. The van der Waals surface area contributed by atoms with Gasteiger partial charge in [-0.05, 0) is 42.6 Å². The Balaban J connectivity index is 1.46. The van der Waals surface area contributed by atoms with Crippen LogP contribution in [0.15, 0.2) is 30.3 Å². The van der Waals surface area contributed by atoms with Crippen LogP contribution in [-0.2, 0) is 25.5 Å². The third-order valence-corrected chi connectivity index (χ3v) is 5.85. The molecule has 1 saturated heterocycles. The monoisotopic (exact) mass is 429 g/mol. The van der Waals surface area contributed by atoms with Gasteiger partial charge in [0, 0.05) is 6.54 Å². The molecule has 1 aromatic carbocycles. The molecule has 2 N–H and O–H groups in total. The number of carbonyl (C=O) groups is 4. The lowest BCUT2D eigenvalue weighted by atomic mass is 9.64. The maximum absolute atomic E-state index is 13.0. The summed E-state index contributed by atoms with van der Waals surface area (Å²) >= 11 is 0. The third kappa shape index (κ3) is 5.62. The molecule has 2 unspecified atom stereocenters. The number of hydrogen-bond donors (Lipinski definition) is 2. The van der Waals surface area contributed by atoms with E-state index in [0.29, 0.717) is 25.8 Å². The van der Waals surface area contributed by atoms with Crippen molar-refractivity contribution in [2.75, 3.05) is 19.7 Å². The molecule has 1 spiro atoms. The predicted molar refractivity (Wildman–Crippen MR) is 114 cm³/mol. The van der Waals surface area contributed by atoms with Crippen molar-refractivity contribution in [3.63, 3.8) is 0 Å². The van der Waals surface area contributed by atoms with Crippen LogP contribution in [0.2, 0.25) is 0 Å². The van der Waals surface area contributed by atoms with E-state index in [1.165, 1.54) is 0 Å². The van der Waals surface area contributed by atoms with E-state index in [1.807, 2.05) is 30.3 Å². The molecule has 2 fully saturated rings. The highest BCUT2D eigenvalue weighted by Gasteiger charge is 2.56. The Kier molecular flexibility index (Phi) is 6.67. The van der Waals surface area contributed by atoms with Crippen LogP contribution in [0.1, 0.15) is 45.6 Å². The van der Waals surface area contributed by atoms with Crippen molar-refractivity contribution in [3.8, 4) is 0 Å². The number of nitrogens with zero attached hydrogens (tertiary/aromatic N) is 1. The van der Waals surface area contributed by atoms with E-state index in [4.69, 9.17) is 4.74 Å². The standard InChI is InChI=1S/C23H31N3O5/c1-16-11-22(2,3)15-23(12-16)20(29)26(21(30)25-23)13-19(28)31-14-18(27)24-10-9-17-7-5-4-6-8-17/h4-8,16H,9-15H2,1-3H3,(H,24,27)(H,25,30). The van der Waals surface area contributed by atoms with Crippen molar-refractivity contribution in [1.82, 2.24) is 15.5 Å². The normalized spacial score (nSPS) is 24.7. The molecule has 168 valence electrons. The van der Waals surface area contributed by atoms with Crippen molar-refractivity contribution in [2.24, 2.45) is 11.3 Å². The number of urea groups is 1. The second kappa shape index (κ2) is 9.08. The van der Waals surface area contributed by atoms with Crippen LogP contribution in [0.3, 0.4) is 0 Å². The third-order valence-electron chi connectivity index (χ3n) is 5.85. The number of esters is 1. The van der Waals surface area contributed by atoms with Crippen molar-refractivity contribution in [2.45, 2.75) is 52.0 Å². The van der Waals surface area contributed by atoms with Gasteiger partial charge in [0.15, 0.2) is 6.61 Å². The molecule has 4 amide bonds. The lowest BCUT2D eigenvalue weighted by Crippen LogP contribution is -2.54. The van der Waals surface area contributed by atoms with Gasteiger partial charge in [-0.25, -0.2) is 4.79 Å². The van der Waals surface area contributed by atoms with Crippen LogP contribution in [0.5, 0.6) is 0 Å². The molecule has 0 radical (unpaired) electrons. The second-order valence-corrected chi connectivity index (χ2v) is 9.50. The number of ether oxygens (including phenoxy) is 1. The molecule has 1 heterocycles. The summed E-state index contributed by atoms with van der Waals surface area (Å²) < 4.78 is 4.98. The Morgan fingerprint density at radius 3 is 2.58 bits per heavy atom. The van der Waals surface area contributed by atoms with E-state index in [9.17, 15) is 19.2 Å². The first kappa shape index (κ1) is 22.8. The van der Waals surface area contributed by atoms with E-state index in [-0.39, 0.29) is 17.2 Å². The van der Waals surface area contributed by atoms with Gasteiger partial charge in [-0.3, -0.25) is 19.3 Å². The summed E-state index contributed by atoms with van der Waals surface area (Å²) in [5.74, 6) is -1.33. The van der Waals surface area contributed by atoms with Crippen LogP contribution < -0.4 is 10.6 Å². The van der Waals surface area contributed by atoms with Crippen LogP contribution in [0.4, 0.5) is 4.79 Å². The van der Waals surface area contributed by atoms with Gasteiger partial charge < -0.3 is 15.4 Å². The zero-order valence-electron chi connectivity index (χ0n) is 18.4. The number of nitrogens with one attached hydrogen (secondary N) is 2. The van der Waals surface area contributed by atoms with E-state index < -0.39 is 36.6 Å². The van der Waals surface area contributed by atoms with E-state index >= 15 is 0 Å². The minimum atomic E-state index is -0.965. The van der Waals surface area contributed by atoms with Crippen molar-refractivity contribution in [3.05, 3.63) is 35.9 Å². The highest BCUT2D eigenvalue weighted by Crippen LogP contribution is 2.46. The van der Waals surface area contributed by atoms with Crippen LogP contribution in [0, 0.1) is 11.3 Å². The first-order chi connectivity index (χ1) is 14.6. The molecular formula is C23H31N3O5. The Bertz CT molecular complexity index is 854. The molecule has 2 atom stereocenters. The van der Waals surface area contributed by atoms with E-state index in [1.54, 1.807) is 0 Å². The van der Waals surface area contributed by atoms with Crippen molar-refractivity contribution < 1.29 is 23.9 Å². The average Bonchev–Trinajstić information content (AvgIpc) is 2.89. The maximum Gasteiger partial charge on any atom is 0.326 e. The minimum absolute atomic E-state index is 0.0883. The molecule has 1 aliphatic carbocycles. The lowest BCUT2D eigenvalue weighted by Gasteiger charge is -2.43. The fourth-order valence-electron chi connectivity index (χ4n) is 5.01. The van der Waals surface area contributed by atoms with Gasteiger partial charge in [0.2, 0.25) is 0 Å². The second-order valence-electron chi connectivity index (χ2n) is 9.50. The van der Waals surface area contributed by atoms with Gasteiger partial charge >= 0.3 is 12.0 Å². The zero-order valence-corrected chi connectivity index (χ0v) is 18.4. The zero-order chi connectivity index (χ0) is 22.6. The Morgan fingerprint density at radius 2 is 1.90 bits per heavy atom. The fourth-order valence-corrected chi connectivity index (χ4v) is 5.01. The Hall–Kier alpha value is -2.90. The average molecular weight is 430 g/mol. The molecule has 1 aromatic rings. The summed E-state index contributed by atoms with van der Waals surface area (Å²) in [6, 6.07) is 9.11. The van der Waals surface area contributed by atoms with Gasteiger partial charge in [-0.15, -0.1) is 0 Å². The number of hydrogen-bond acceptors (Lipinski definition) is 5.